The molecule has 0 radical (unpaired) electrons. The number of benzene rings is 1. The first-order valence-corrected chi connectivity index (χ1v) is 6.31. The van der Waals surface area contributed by atoms with Crippen LogP contribution in [0.5, 0.6) is 0 Å². The van der Waals surface area contributed by atoms with Gasteiger partial charge >= 0.3 is 0 Å². The maximum atomic E-state index is 6.22. The first kappa shape index (κ1) is 12.2. The molecule has 0 aliphatic rings. The highest BCUT2D eigenvalue weighted by Gasteiger charge is 2.07. The fraction of sp³-hybridized carbons (Fsp3) is 0.357. The predicted octanol–water partition coefficient (Wildman–Crippen LogP) is 4.10. The van der Waals surface area contributed by atoms with Crippen LogP contribution in [0.2, 0.25) is 5.15 Å². The van der Waals surface area contributed by atoms with Gasteiger partial charge in [0.1, 0.15) is 5.15 Å². The normalized spacial score (nSPS) is 10.8. The van der Waals surface area contributed by atoms with E-state index in [2.05, 4.69) is 44.1 Å². The van der Waals surface area contributed by atoms with Gasteiger partial charge in [0.05, 0.1) is 11.4 Å². The van der Waals surface area contributed by atoms with Crippen LogP contribution >= 0.6 is 11.6 Å². The lowest BCUT2D eigenvalue weighted by Crippen LogP contribution is -1.98. The molecule has 2 aromatic rings. The topological polar surface area (TPSA) is 17.8 Å². The summed E-state index contributed by atoms with van der Waals surface area (Å²) in [4.78, 5) is 0. The standard InChI is InChI=1S/C14H17ClN2/c1-4-5-12-9-14(15)17(16-12)13-7-10(2)6-11(3)8-13/h6-9H,4-5H2,1-3H3. The number of hydrogen-bond acceptors (Lipinski definition) is 1. The molecule has 0 saturated carbocycles. The molecule has 1 heterocycles. The Morgan fingerprint density at radius 2 is 1.76 bits per heavy atom. The summed E-state index contributed by atoms with van der Waals surface area (Å²) in [6, 6.07) is 8.29. The SMILES string of the molecule is CCCc1cc(Cl)n(-c2cc(C)cc(C)c2)n1. The van der Waals surface area contributed by atoms with E-state index in [1.807, 2.05) is 10.7 Å². The van der Waals surface area contributed by atoms with Crippen LogP contribution in [-0.4, -0.2) is 9.78 Å². The molecule has 17 heavy (non-hydrogen) atoms. The zero-order valence-electron chi connectivity index (χ0n) is 10.5. The molecule has 0 N–H and O–H groups in total. The van der Waals surface area contributed by atoms with Crippen molar-refractivity contribution in [2.24, 2.45) is 0 Å². The molecular formula is C14H17ClN2. The average molecular weight is 249 g/mol. The van der Waals surface area contributed by atoms with Crippen molar-refractivity contribution in [1.29, 1.82) is 0 Å². The van der Waals surface area contributed by atoms with E-state index in [0.29, 0.717) is 5.15 Å². The molecular weight excluding hydrogens is 232 g/mol. The number of aromatic nitrogens is 2. The first-order chi connectivity index (χ1) is 8.10. The monoisotopic (exact) mass is 248 g/mol. The van der Waals surface area contributed by atoms with Gasteiger partial charge in [-0.05, 0) is 49.6 Å². The highest BCUT2D eigenvalue weighted by atomic mass is 35.5. The van der Waals surface area contributed by atoms with Crippen molar-refractivity contribution in [3.05, 3.63) is 46.2 Å². The first-order valence-electron chi connectivity index (χ1n) is 5.93. The van der Waals surface area contributed by atoms with Crippen LogP contribution in [0, 0.1) is 13.8 Å². The molecule has 0 aliphatic carbocycles. The third-order valence-corrected chi connectivity index (χ3v) is 2.94. The predicted molar refractivity (Wildman–Crippen MR) is 72.0 cm³/mol. The summed E-state index contributed by atoms with van der Waals surface area (Å²) in [5.74, 6) is 0. The number of nitrogens with zero attached hydrogens (tertiary/aromatic N) is 2. The molecule has 0 fully saturated rings. The molecule has 0 amide bonds. The van der Waals surface area contributed by atoms with E-state index >= 15 is 0 Å². The zero-order valence-corrected chi connectivity index (χ0v) is 11.3. The molecule has 1 aromatic carbocycles. The molecule has 1 aromatic heterocycles. The molecule has 0 spiro atoms. The molecule has 3 heteroatoms. The lowest BCUT2D eigenvalue weighted by atomic mass is 10.1. The van der Waals surface area contributed by atoms with Crippen molar-refractivity contribution >= 4 is 11.6 Å². The number of aryl methyl sites for hydroxylation is 3. The second kappa shape index (κ2) is 4.92. The van der Waals surface area contributed by atoms with Crippen molar-refractivity contribution in [1.82, 2.24) is 9.78 Å². The smallest absolute Gasteiger partial charge is 0.133 e. The molecule has 0 unspecified atom stereocenters. The average Bonchev–Trinajstić information content (AvgIpc) is 2.58. The van der Waals surface area contributed by atoms with Crippen LogP contribution in [0.3, 0.4) is 0 Å². The second-order valence-corrected chi connectivity index (χ2v) is 4.85. The number of hydrogen-bond donors (Lipinski definition) is 0. The quantitative estimate of drug-likeness (QED) is 0.800. The molecule has 0 atom stereocenters. The van der Waals surface area contributed by atoms with Crippen molar-refractivity contribution in [2.75, 3.05) is 0 Å². The van der Waals surface area contributed by atoms with E-state index in [1.54, 1.807) is 0 Å². The van der Waals surface area contributed by atoms with E-state index in [9.17, 15) is 0 Å². The summed E-state index contributed by atoms with van der Waals surface area (Å²) in [5.41, 5.74) is 4.54. The van der Waals surface area contributed by atoms with E-state index < -0.39 is 0 Å². The highest BCUT2D eigenvalue weighted by Crippen LogP contribution is 2.20. The van der Waals surface area contributed by atoms with Crippen LogP contribution in [0.15, 0.2) is 24.3 Å². The molecule has 90 valence electrons. The van der Waals surface area contributed by atoms with Gasteiger partial charge < -0.3 is 0 Å². The van der Waals surface area contributed by atoms with Gasteiger partial charge in [-0.1, -0.05) is 31.0 Å². The summed E-state index contributed by atoms with van der Waals surface area (Å²) in [6.45, 7) is 6.31. The molecule has 0 bridgehead atoms. The van der Waals surface area contributed by atoms with Gasteiger partial charge in [-0.3, -0.25) is 0 Å². The van der Waals surface area contributed by atoms with Gasteiger partial charge in [0.15, 0.2) is 0 Å². The van der Waals surface area contributed by atoms with Crippen molar-refractivity contribution in [3.8, 4) is 5.69 Å². The number of halogens is 1. The van der Waals surface area contributed by atoms with Gasteiger partial charge in [-0.2, -0.15) is 5.10 Å². The van der Waals surface area contributed by atoms with Crippen molar-refractivity contribution in [3.63, 3.8) is 0 Å². The largest absolute Gasteiger partial charge is 0.222 e. The van der Waals surface area contributed by atoms with Crippen molar-refractivity contribution < 1.29 is 0 Å². The van der Waals surface area contributed by atoms with Crippen LogP contribution in [-0.2, 0) is 6.42 Å². The third kappa shape index (κ3) is 2.70. The van der Waals surface area contributed by atoms with Crippen LogP contribution < -0.4 is 0 Å². The van der Waals surface area contributed by atoms with Crippen LogP contribution in [0.4, 0.5) is 0 Å². The fourth-order valence-electron chi connectivity index (χ4n) is 2.04. The maximum absolute atomic E-state index is 6.22. The minimum Gasteiger partial charge on any atom is -0.222 e. The van der Waals surface area contributed by atoms with E-state index in [-0.39, 0.29) is 0 Å². The maximum Gasteiger partial charge on any atom is 0.133 e. The van der Waals surface area contributed by atoms with Gasteiger partial charge in [0, 0.05) is 0 Å². The van der Waals surface area contributed by atoms with Gasteiger partial charge in [-0.25, -0.2) is 4.68 Å². The highest BCUT2D eigenvalue weighted by molar-refractivity contribution is 6.29. The minimum atomic E-state index is 0.679. The van der Waals surface area contributed by atoms with Gasteiger partial charge in [-0.15, -0.1) is 0 Å². The van der Waals surface area contributed by atoms with E-state index in [1.165, 1.54) is 11.1 Å². The summed E-state index contributed by atoms with van der Waals surface area (Å²) in [6.07, 6.45) is 2.05. The lowest BCUT2D eigenvalue weighted by Gasteiger charge is -2.06. The summed E-state index contributed by atoms with van der Waals surface area (Å²) in [5, 5.41) is 5.22. The second-order valence-electron chi connectivity index (χ2n) is 4.47. The van der Waals surface area contributed by atoms with E-state index in [4.69, 9.17) is 11.6 Å². The Labute approximate surface area is 107 Å². The lowest BCUT2D eigenvalue weighted by molar-refractivity contribution is 0.806. The Morgan fingerprint density at radius 1 is 1.12 bits per heavy atom. The van der Waals surface area contributed by atoms with Gasteiger partial charge in [0.25, 0.3) is 0 Å². The molecule has 2 rings (SSSR count). The molecule has 0 saturated heterocycles. The summed E-state index contributed by atoms with van der Waals surface area (Å²) in [7, 11) is 0. The Kier molecular flexibility index (Phi) is 3.53. The van der Waals surface area contributed by atoms with E-state index in [0.717, 1.165) is 24.2 Å². The Morgan fingerprint density at radius 3 is 2.35 bits per heavy atom. The zero-order chi connectivity index (χ0) is 12.4. The van der Waals surface area contributed by atoms with Crippen LogP contribution in [0.1, 0.15) is 30.2 Å². The summed E-state index contributed by atoms with van der Waals surface area (Å²) >= 11 is 6.22. The molecule has 0 aliphatic heterocycles. The fourth-order valence-corrected chi connectivity index (χ4v) is 2.30. The van der Waals surface area contributed by atoms with Crippen LogP contribution in [0.25, 0.3) is 5.69 Å². The Hall–Kier alpha value is -1.28. The number of rotatable bonds is 3. The minimum absolute atomic E-state index is 0.679. The van der Waals surface area contributed by atoms with Gasteiger partial charge in [0.2, 0.25) is 0 Å². The Bertz CT molecular complexity index is 509. The summed E-state index contributed by atoms with van der Waals surface area (Å²) < 4.78 is 1.81. The molecule has 2 nitrogen and oxygen atoms in total. The Balaban J connectivity index is 2.44. The van der Waals surface area contributed by atoms with Crippen molar-refractivity contribution in [2.45, 2.75) is 33.6 Å². The third-order valence-electron chi connectivity index (χ3n) is 2.67.